The van der Waals surface area contributed by atoms with Crippen LogP contribution in [0.4, 0.5) is 4.39 Å². The quantitative estimate of drug-likeness (QED) is 0.749. The van der Waals surface area contributed by atoms with Gasteiger partial charge in [-0.15, -0.1) is 0 Å². The molecule has 0 bridgehead atoms. The Hall–Kier alpha value is -1.09. The summed E-state index contributed by atoms with van der Waals surface area (Å²) in [5.74, 6) is -0.114. The van der Waals surface area contributed by atoms with Crippen molar-refractivity contribution in [2.75, 3.05) is 6.54 Å². The Morgan fingerprint density at radius 1 is 1.46 bits per heavy atom. The fourth-order valence-corrected chi connectivity index (χ4v) is 1.29. The van der Waals surface area contributed by atoms with Crippen LogP contribution < -0.4 is 5.73 Å². The van der Waals surface area contributed by atoms with Crippen molar-refractivity contribution in [2.24, 2.45) is 5.73 Å². The van der Waals surface area contributed by atoms with E-state index in [0.717, 1.165) is 6.42 Å². The number of hydrogen-bond acceptors (Lipinski definition) is 2. The molecular weight excluding hydrogens is 169 g/mol. The summed E-state index contributed by atoms with van der Waals surface area (Å²) in [5, 5.41) is 9.54. The molecule has 0 aliphatic carbocycles. The van der Waals surface area contributed by atoms with E-state index in [1.54, 1.807) is 6.92 Å². The minimum atomic E-state index is -0.303. The van der Waals surface area contributed by atoms with E-state index in [1.807, 2.05) is 0 Å². The van der Waals surface area contributed by atoms with E-state index >= 15 is 0 Å². The summed E-state index contributed by atoms with van der Waals surface area (Å²) in [7, 11) is 0. The number of benzene rings is 1. The second-order valence-electron chi connectivity index (χ2n) is 3.12. The van der Waals surface area contributed by atoms with Crippen molar-refractivity contribution in [3.05, 3.63) is 29.1 Å². The van der Waals surface area contributed by atoms with Gasteiger partial charge in [0, 0.05) is 0 Å². The third-order valence-corrected chi connectivity index (χ3v) is 1.99. The Kier molecular flexibility index (Phi) is 3.25. The molecule has 0 radical (unpaired) electrons. The molecule has 1 aromatic carbocycles. The summed E-state index contributed by atoms with van der Waals surface area (Å²) in [6.07, 6.45) is 1.39. The van der Waals surface area contributed by atoms with Crippen LogP contribution >= 0.6 is 0 Å². The molecule has 0 saturated heterocycles. The summed E-state index contributed by atoms with van der Waals surface area (Å²) in [6, 6.07) is 2.68. The SMILES string of the molecule is Cc1cc(F)cc(CCCN)c1O. The molecule has 0 aliphatic heterocycles. The molecule has 0 fully saturated rings. The third kappa shape index (κ3) is 2.42. The normalized spacial score (nSPS) is 10.4. The predicted molar refractivity (Wildman–Crippen MR) is 50.2 cm³/mol. The van der Waals surface area contributed by atoms with Crippen LogP contribution in [0.2, 0.25) is 0 Å². The van der Waals surface area contributed by atoms with Gasteiger partial charge >= 0.3 is 0 Å². The highest BCUT2D eigenvalue weighted by atomic mass is 19.1. The minimum absolute atomic E-state index is 0.190. The van der Waals surface area contributed by atoms with Gasteiger partial charge in [-0.05, 0) is 49.6 Å². The standard InChI is InChI=1S/C10H14FNO/c1-7-5-9(11)6-8(10(7)13)3-2-4-12/h5-6,13H,2-4,12H2,1H3. The van der Waals surface area contributed by atoms with Crippen molar-refractivity contribution in [3.8, 4) is 5.75 Å². The lowest BCUT2D eigenvalue weighted by Crippen LogP contribution is -2.01. The number of rotatable bonds is 3. The van der Waals surface area contributed by atoms with Crippen LogP contribution in [-0.4, -0.2) is 11.7 Å². The zero-order valence-electron chi connectivity index (χ0n) is 7.68. The summed E-state index contributed by atoms with van der Waals surface area (Å²) in [6.45, 7) is 2.24. The smallest absolute Gasteiger partial charge is 0.124 e. The van der Waals surface area contributed by atoms with Gasteiger partial charge in [0.1, 0.15) is 11.6 Å². The van der Waals surface area contributed by atoms with Crippen LogP contribution in [0.25, 0.3) is 0 Å². The van der Waals surface area contributed by atoms with Crippen LogP contribution in [0.15, 0.2) is 12.1 Å². The van der Waals surface area contributed by atoms with Crippen LogP contribution in [0.3, 0.4) is 0 Å². The molecule has 0 amide bonds. The molecule has 0 saturated carbocycles. The maximum Gasteiger partial charge on any atom is 0.124 e. The number of phenolic OH excluding ortho intramolecular Hbond substituents is 1. The summed E-state index contributed by atoms with van der Waals surface area (Å²) in [5.41, 5.74) is 6.54. The first-order valence-corrected chi connectivity index (χ1v) is 4.33. The van der Waals surface area contributed by atoms with Gasteiger partial charge in [-0.3, -0.25) is 0 Å². The van der Waals surface area contributed by atoms with E-state index in [2.05, 4.69) is 0 Å². The van der Waals surface area contributed by atoms with Crippen molar-refractivity contribution in [3.63, 3.8) is 0 Å². The van der Waals surface area contributed by atoms with Crippen molar-refractivity contribution in [2.45, 2.75) is 19.8 Å². The zero-order valence-corrected chi connectivity index (χ0v) is 7.68. The molecular formula is C10H14FNO. The highest BCUT2D eigenvalue weighted by Gasteiger charge is 2.06. The Morgan fingerprint density at radius 2 is 2.15 bits per heavy atom. The molecule has 0 aromatic heterocycles. The monoisotopic (exact) mass is 183 g/mol. The highest BCUT2D eigenvalue weighted by molar-refractivity contribution is 5.40. The molecule has 1 rings (SSSR count). The Labute approximate surface area is 77.2 Å². The maximum atomic E-state index is 12.9. The maximum absolute atomic E-state index is 12.9. The molecule has 0 aliphatic rings. The van der Waals surface area contributed by atoms with E-state index in [0.29, 0.717) is 24.1 Å². The number of phenols is 1. The molecule has 0 spiro atoms. The van der Waals surface area contributed by atoms with Crippen molar-refractivity contribution in [1.29, 1.82) is 0 Å². The number of hydrogen-bond donors (Lipinski definition) is 2. The van der Waals surface area contributed by atoms with Crippen molar-refractivity contribution < 1.29 is 9.50 Å². The molecule has 0 heterocycles. The van der Waals surface area contributed by atoms with Crippen LogP contribution in [0.5, 0.6) is 5.75 Å². The average molecular weight is 183 g/mol. The Morgan fingerprint density at radius 3 is 2.77 bits per heavy atom. The highest BCUT2D eigenvalue weighted by Crippen LogP contribution is 2.24. The lowest BCUT2D eigenvalue weighted by Gasteiger charge is -2.06. The molecule has 1 aromatic rings. The molecule has 13 heavy (non-hydrogen) atoms. The van der Waals surface area contributed by atoms with E-state index in [-0.39, 0.29) is 11.6 Å². The molecule has 72 valence electrons. The molecule has 3 heteroatoms. The van der Waals surface area contributed by atoms with E-state index in [4.69, 9.17) is 5.73 Å². The van der Waals surface area contributed by atoms with Gasteiger partial charge in [0.2, 0.25) is 0 Å². The fraction of sp³-hybridized carbons (Fsp3) is 0.400. The van der Waals surface area contributed by atoms with E-state index < -0.39 is 0 Å². The van der Waals surface area contributed by atoms with Crippen molar-refractivity contribution >= 4 is 0 Å². The van der Waals surface area contributed by atoms with E-state index in [9.17, 15) is 9.50 Å². The van der Waals surface area contributed by atoms with Gasteiger partial charge < -0.3 is 10.8 Å². The number of aryl methyl sites for hydroxylation is 2. The average Bonchev–Trinajstić information content (AvgIpc) is 2.09. The van der Waals surface area contributed by atoms with Crippen molar-refractivity contribution in [1.82, 2.24) is 0 Å². The topological polar surface area (TPSA) is 46.2 Å². The fourth-order valence-electron chi connectivity index (χ4n) is 1.29. The van der Waals surface area contributed by atoms with Crippen LogP contribution in [0.1, 0.15) is 17.5 Å². The van der Waals surface area contributed by atoms with Gasteiger partial charge in [0.25, 0.3) is 0 Å². The van der Waals surface area contributed by atoms with Gasteiger partial charge in [-0.2, -0.15) is 0 Å². The van der Waals surface area contributed by atoms with Gasteiger partial charge in [-0.1, -0.05) is 0 Å². The first-order chi connectivity index (χ1) is 6.15. The number of halogens is 1. The molecule has 3 N–H and O–H groups in total. The second kappa shape index (κ2) is 4.23. The minimum Gasteiger partial charge on any atom is -0.507 e. The van der Waals surface area contributed by atoms with Gasteiger partial charge in [-0.25, -0.2) is 4.39 Å². The predicted octanol–water partition coefficient (Wildman–Crippen LogP) is 1.73. The molecule has 0 atom stereocenters. The largest absolute Gasteiger partial charge is 0.507 e. The second-order valence-corrected chi connectivity index (χ2v) is 3.12. The summed E-state index contributed by atoms with van der Waals surface area (Å²) >= 11 is 0. The van der Waals surface area contributed by atoms with Gasteiger partial charge in [0.15, 0.2) is 0 Å². The van der Waals surface area contributed by atoms with Crippen LogP contribution in [-0.2, 0) is 6.42 Å². The summed E-state index contributed by atoms with van der Waals surface area (Å²) in [4.78, 5) is 0. The summed E-state index contributed by atoms with van der Waals surface area (Å²) < 4.78 is 12.9. The first-order valence-electron chi connectivity index (χ1n) is 4.33. The van der Waals surface area contributed by atoms with Crippen LogP contribution in [0, 0.1) is 12.7 Å². The Bertz CT molecular complexity index is 299. The van der Waals surface area contributed by atoms with Gasteiger partial charge in [0.05, 0.1) is 0 Å². The Balaban J connectivity index is 2.92. The lowest BCUT2D eigenvalue weighted by atomic mass is 10.0. The number of nitrogens with two attached hydrogens (primary N) is 1. The number of aromatic hydroxyl groups is 1. The first kappa shape index (κ1) is 9.99. The molecule has 0 unspecified atom stereocenters. The molecule has 2 nitrogen and oxygen atoms in total. The lowest BCUT2D eigenvalue weighted by molar-refractivity contribution is 0.460. The van der Waals surface area contributed by atoms with E-state index in [1.165, 1.54) is 12.1 Å². The zero-order chi connectivity index (χ0) is 9.84. The third-order valence-electron chi connectivity index (χ3n) is 1.99.